The molecule has 0 spiro atoms. The summed E-state index contributed by atoms with van der Waals surface area (Å²) in [6.07, 6.45) is 0. The zero-order chi connectivity index (χ0) is 22.1. The molecule has 2 nitrogen and oxygen atoms in total. The van der Waals surface area contributed by atoms with E-state index in [1.165, 1.54) is 0 Å². The Labute approximate surface area is 246 Å². The third-order valence-electron chi connectivity index (χ3n) is 4.53. The molecule has 0 fully saturated rings. The van der Waals surface area contributed by atoms with Crippen LogP contribution in [0.4, 0.5) is 0 Å². The molecule has 10 heteroatoms. The predicted molar refractivity (Wildman–Crippen MR) is 158 cm³/mol. The number of phenols is 1. The summed E-state index contributed by atoms with van der Waals surface area (Å²) in [6.45, 7) is 4.15. The second-order valence-corrected chi connectivity index (χ2v) is 12.3. The Balaban J connectivity index is 2.29. The molecule has 0 unspecified atom stereocenters. The van der Waals surface area contributed by atoms with E-state index in [2.05, 4.69) is 96.9 Å². The number of benzene rings is 3. The molecule has 4 rings (SSSR count). The lowest BCUT2D eigenvalue weighted by Crippen LogP contribution is -2.25. The summed E-state index contributed by atoms with van der Waals surface area (Å²) in [6, 6.07) is 5.56. The van der Waals surface area contributed by atoms with Crippen molar-refractivity contribution in [2.24, 2.45) is 0 Å². The molecule has 0 amide bonds. The molecular formula is C20H6Cl4I4O2. The van der Waals surface area contributed by atoms with Gasteiger partial charge in [0.15, 0.2) is 5.75 Å². The van der Waals surface area contributed by atoms with Crippen molar-refractivity contribution in [3.05, 3.63) is 74.1 Å². The molecule has 1 heterocycles. The van der Waals surface area contributed by atoms with Crippen LogP contribution in [0.15, 0.2) is 18.2 Å². The Hall–Kier alpha value is 1.08. The van der Waals surface area contributed by atoms with Crippen molar-refractivity contribution >= 4 is 149 Å². The van der Waals surface area contributed by atoms with Crippen LogP contribution in [0.5, 0.6) is 17.2 Å². The molecule has 154 valence electrons. The Morgan fingerprint density at radius 1 is 0.767 bits per heavy atom. The summed E-state index contributed by atoms with van der Waals surface area (Å²) in [5.41, 5.74) is 2.19. The van der Waals surface area contributed by atoms with Gasteiger partial charge in [-0.25, -0.2) is 0 Å². The third kappa shape index (κ3) is 3.86. The van der Waals surface area contributed by atoms with E-state index in [9.17, 15) is 5.11 Å². The fraction of sp³-hybridized carbons (Fsp3) is 0. The first kappa shape index (κ1) is 24.2. The highest BCUT2D eigenvalue weighted by atomic mass is 127. The molecule has 0 atom stereocenters. The first-order chi connectivity index (χ1) is 14.0. The van der Waals surface area contributed by atoms with Crippen LogP contribution in [0, 0.1) is 14.3 Å². The van der Waals surface area contributed by atoms with Crippen LogP contribution in [-0.4, -0.2) is 5.11 Å². The van der Waals surface area contributed by atoms with Crippen LogP contribution in [-0.2, 0) is 0 Å². The highest BCUT2D eigenvalue weighted by Gasteiger charge is 2.29. The monoisotopic (exact) mass is 926 g/mol. The number of fused-ring (bicyclic) bond motifs is 2. The number of ether oxygens (including phenoxy) is 1. The second kappa shape index (κ2) is 9.03. The molecule has 1 N–H and O–H groups in total. The van der Waals surface area contributed by atoms with Gasteiger partial charge in [-0.3, -0.25) is 0 Å². The van der Waals surface area contributed by atoms with Crippen LogP contribution in [0.2, 0.25) is 20.1 Å². The van der Waals surface area contributed by atoms with Gasteiger partial charge in [-0.1, -0.05) is 53.0 Å². The van der Waals surface area contributed by atoms with Gasteiger partial charge >= 0.3 is 0 Å². The van der Waals surface area contributed by atoms with E-state index >= 15 is 0 Å². The maximum absolute atomic E-state index is 10.5. The largest absolute Gasteiger partial charge is 0.506 e. The minimum Gasteiger partial charge on any atom is -0.506 e. The van der Waals surface area contributed by atoms with Crippen LogP contribution in [0.3, 0.4) is 0 Å². The van der Waals surface area contributed by atoms with Crippen molar-refractivity contribution in [3.63, 3.8) is 0 Å². The SMILES string of the molecule is C=c1c(I)cc2c(c1I)Oc1c(cc(I)c(O)c1I)C=2c1cc(Cl)c(Cl)c(Cl)c1Cl. The van der Waals surface area contributed by atoms with Gasteiger partial charge in [0.05, 0.1) is 30.8 Å². The number of hydrogen-bond donors (Lipinski definition) is 1. The molecule has 0 radical (unpaired) electrons. The van der Waals surface area contributed by atoms with E-state index in [1.54, 1.807) is 6.07 Å². The Bertz CT molecular complexity index is 1390. The predicted octanol–water partition coefficient (Wildman–Crippen LogP) is 8.19. The average molecular weight is 928 g/mol. The molecule has 0 aromatic heterocycles. The Morgan fingerprint density at radius 3 is 2.10 bits per heavy atom. The fourth-order valence-corrected chi connectivity index (χ4v) is 7.57. The summed E-state index contributed by atoms with van der Waals surface area (Å²) in [7, 11) is 0. The van der Waals surface area contributed by atoms with Gasteiger partial charge in [0.1, 0.15) is 11.5 Å². The van der Waals surface area contributed by atoms with Gasteiger partial charge in [-0.05, 0) is 114 Å². The molecule has 0 bridgehead atoms. The van der Waals surface area contributed by atoms with Gasteiger partial charge in [0.25, 0.3) is 0 Å². The lowest BCUT2D eigenvalue weighted by molar-refractivity contribution is 0.439. The van der Waals surface area contributed by atoms with Crippen molar-refractivity contribution in [1.29, 1.82) is 0 Å². The number of phenolic OH excluding ortho intramolecular Hbond substituents is 1. The van der Waals surface area contributed by atoms with E-state index < -0.39 is 0 Å². The first-order valence-corrected chi connectivity index (χ1v) is 13.8. The van der Waals surface area contributed by atoms with E-state index in [-0.39, 0.29) is 15.8 Å². The van der Waals surface area contributed by atoms with Crippen molar-refractivity contribution < 1.29 is 9.84 Å². The summed E-state index contributed by atoms with van der Waals surface area (Å²) < 4.78 is 9.43. The fourth-order valence-electron chi connectivity index (χ4n) is 3.09. The van der Waals surface area contributed by atoms with Gasteiger partial charge in [-0.15, -0.1) is 0 Å². The number of aromatic hydroxyl groups is 1. The van der Waals surface area contributed by atoms with Gasteiger partial charge < -0.3 is 9.84 Å². The average Bonchev–Trinajstić information content (AvgIpc) is 2.71. The standard InChI is InChI=1S/C20H6Cl4I4O2/c1-5-10(25)3-7-12(6-2-9(21)14(23)15(24)13(6)22)8-4-11(26)18(29)17(28)20(8)30-19(7)16(5)27/h2-4,29H,1H2. The lowest BCUT2D eigenvalue weighted by atomic mass is 9.92. The maximum Gasteiger partial charge on any atom is 0.152 e. The van der Waals surface area contributed by atoms with E-state index in [4.69, 9.17) is 51.1 Å². The van der Waals surface area contributed by atoms with Crippen LogP contribution in [0.25, 0.3) is 12.2 Å². The van der Waals surface area contributed by atoms with Crippen LogP contribution < -0.4 is 15.2 Å². The number of halogens is 8. The third-order valence-corrected chi connectivity index (χ3v) is 10.2. The smallest absolute Gasteiger partial charge is 0.152 e. The van der Waals surface area contributed by atoms with Crippen molar-refractivity contribution in [3.8, 4) is 17.2 Å². The maximum atomic E-state index is 10.5. The van der Waals surface area contributed by atoms with Gasteiger partial charge in [-0.2, -0.15) is 0 Å². The van der Waals surface area contributed by atoms with E-state index in [0.29, 0.717) is 34.2 Å². The van der Waals surface area contributed by atoms with E-state index in [1.807, 2.05) is 12.1 Å². The minimum atomic E-state index is 0.159. The Morgan fingerprint density at radius 2 is 1.43 bits per heavy atom. The molecular weight excluding hydrogens is 922 g/mol. The van der Waals surface area contributed by atoms with Crippen molar-refractivity contribution in [2.75, 3.05) is 0 Å². The normalized spacial score (nSPS) is 12.5. The molecule has 1 aliphatic heterocycles. The number of hydrogen-bond acceptors (Lipinski definition) is 2. The zero-order valence-electron chi connectivity index (χ0n) is 14.3. The molecule has 30 heavy (non-hydrogen) atoms. The topological polar surface area (TPSA) is 29.5 Å². The van der Waals surface area contributed by atoms with Gasteiger partial charge in [0, 0.05) is 25.5 Å². The summed E-state index contributed by atoms with van der Waals surface area (Å²) in [5, 5.41) is 13.2. The molecule has 3 aromatic carbocycles. The molecule has 0 aliphatic carbocycles. The molecule has 3 aromatic rings. The summed E-state index contributed by atoms with van der Waals surface area (Å²) >= 11 is 34.2. The Kier molecular flexibility index (Phi) is 7.29. The van der Waals surface area contributed by atoms with Crippen molar-refractivity contribution in [1.82, 2.24) is 0 Å². The minimum absolute atomic E-state index is 0.159. The number of rotatable bonds is 1. The zero-order valence-corrected chi connectivity index (χ0v) is 26.0. The van der Waals surface area contributed by atoms with Crippen LogP contribution >= 0.6 is 137 Å². The highest BCUT2D eigenvalue weighted by molar-refractivity contribution is 14.1. The van der Waals surface area contributed by atoms with Crippen LogP contribution in [0.1, 0.15) is 11.1 Å². The van der Waals surface area contributed by atoms with Gasteiger partial charge in [0.2, 0.25) is 0 Å². The highest BCUT2D eigenvalue weighted by Crippen LogP contribution is 2.48. The van der Waals surface area contributed by atoms with E-state index in [0.717, 1.165) is 28.7 Å². The molecule has 0 saturated carbocycles. The summed E-state index contributed by atoms with van der Waals surface area (Å²) in [5.74, 6) is 1.33. The molecule has 1 aliphatic rings. The first-order valence-electron chi connectivity index (χ1n) is 7.98. The summed E-state index contributed by atoms with van der Waals surface area (Å²) in [4.78, 5) is 0. The lowest BCUT2D eigenvalue weighted by Gasteiger charge is -2.25. The quantitative estimate of drug-likeness (QED) is 0.119. The second-order valence-electron chi connectivity index (χ2n) is 6.25. The molecule has 0 saturated heterocycles. The van der Waals surface area contributed by atoms with Crippen molar-refractivity contribution in [2.45, 2.75) is 0 Å².